The summed E-state index contributed by atoms with van der Waals surface area (Å²) in [6, 6.07) is 5.14. The Hall–Kier alpha value is -2.22. The Labute approximate surface area is 115 Å². The first kappa shape index (κ1) is 14.2. The molecule has 0 aliphatic rings. The van der Waals surface area contributed by atoms with Crippen molar-refractivity contribution in [1.29, 1.82) is 0 Å². The van der Waals surface area contributed by atoms with Gasteiger partial charge in [0, 0.05) is 6.42 Å². The summed E-state index contributed by atoms with van der Waals surface area (Å²) in [4.78, 5) is 14.7. The summed E-state index contributed by atoms with van der Waals surface area (Å²) in [6.07, 6.45) is 0.540. The van der Waals surface area contributed by atoms with E-state index in [9.17, 15) is 13.2 Å². The van der Waals surface area contributed by atoms with E-state index in [1.165, 1.54) is 18.2 Å². The lowest BCUT2D eigenvalue weighted by Gasteiger charge is -2.02. The number of sulfone groups is 1. The minimum Gasteiger partial charge on any atom is -0.478 e. The molecule has 0 aliphatic carbocycles. The molecule has 1 aromatic heterocycles. The number of nitrogens with zero attached hydrogens (tertiary/aromatic N) is 2. The first-order valence-electron chi connectivity index (χ1n) is 5.80. The maximum Gasteiger partial charge on any atom is 0.335 e. The van der Waals surface area contributed by atoms with E-state index in [0.29, 0.717) is 12.2 Å². The van der Waals surface area contributed by atoms with Gasteiger partial charge in [0.1, 0.15) is 5.75 Å². The lowest BCUT2D eigenvalue weighted by atomic mass is 10.2. The third kappa shape index (κ3) is 3.02. The first-order chi connectivity index (χ1) is 9.42. The molecule has 7 nitrogen and oxygen atoms in total. The van der Waals surface area contributed by atoms with Gasteiger partial charge in [-0.25, -0.2) is 13.2 Å². The highest BCUT2D eigenvalue weighted by Gasteiger charge is 2.20. The van der Waals surface area contributed by atoms with E-state index in [-0.39, 0.29) is 16.3 Å². The fourth-order valence-corrected chi connectivity index (χ4v) is 2.76. The molecule has 0 saturated heterocycles. The van der Waals surface area contributed by atoms with E-state index in [2.05, 4.69) is 10.1 Å². The number of aryl methyl sites for hydroxylation is 1. The van der Waals surface area contributed by atoms with Crippen LogP contribution >= 0.6 is 0 Å². The smallest absolute Gasteiger partial charge is 0.335 e. The van der Waals surface area contributed by atoms with E-state index >= 15 is 0 Å². The van der Waals surface area contributed by atoms with E-state index in [1.807, 2.05) is 6.92 Å². The van der Waals surface area contributed by atoms with Crippen molar-refractivity contribution in [1.82, 2.24) is 10.1 Å². The van der Waals surface area contributed by atoms with E-state index in [4.69, 9.17) is 9.63 Å². The lowest BCUT2D eigenvalue weighted by molar-refractivity contribution is 0.0696. The molecule has 8 heteroatoms. The molecule has 1 N–H and O–H groups in total. The minimum absolute atomic E-state index is 0.0115. The van der Waals surface area contributed by atoms with Crippen LogP contribution in [0.5, 0.6) is 0 Å². The Morgan fingerprint density at radius 2 is 2.15 bits per heavy atom. The highest BCUT2D eigenvalue weighted by Crippen LogP contribution is 2.17. The molecule has 0 fully saturated rings. The van der Waals surface area contributed by atoms with Crippen LogP contribution in [0.4, 0.5) is 0 Å². The molecule has 1 aromatic carbocycles. The van der Waals surface area contributed by atoms with Crippen LogP contribution in [-0.4, -0.2) is 29.6 Å². The normalized spacial score (nSPS) is 11.4. The molecule has 0 spiro atoms. The van der Waals surface area contributed by atoms with Gasteiger partial charge in [-0.3, -0.25) is 0 Å². The van der Waals surface area contributed by atoms with Gasteiger partial charge in [-0.05, 0) is 18.2 Å². The predicted molar refractivity (Wildman–Crippen MR) is 68.0 cm³/mol. The predicted octanol–water partition coefficient (Wildman–Crippen LogP) is 1.30. The molecule has 2 rings (SSSR count). The number of aromatic carboxylic acids is 1. The fraction of sp³-hybridized carbons (Fsp3) is 0.250. The molecule has 0 saturated carbocycles. The molecular weight excluding hydrogens is 284 g/mol. The Bertz CT molecular complexity index is 736. The molecule has 2 aromatic rings. The number of carboxylic acids is 1. The van der Waals surface area contributed by atoms with Gasteiger partial charge < -0.3 is 9.63 Å². The van der Waals surface area contributed by atoms with E-state index < -0.39 is 21.6 Å². The number of aromatic nitrogens is 2. The minimum atomic E-state index is -3.72. The molecule has 1 heterocycles. The van der Waals surface area contributed by atoms with Crippen LogP contribution in [0.15, 0.2) is 33.7 Å². The van der Waals surface area contributed by atoms with Crippen LogP contribution in [0.1, 0.15) is 29.0 Å². The third-order valence-corrected chi connectivity index (χ3v) is 4.18. The van der Waals surface area contributed by atoms with Crippen LogP contribution < -0.4 is 0 Å². The van der Waals surface area contributed by atoms with Crippen molar-refractivity contribution in [3.05, 3.63) is 41.5 Å². The molecule has 0 radical (unpaired) electrons. The van der Waals surface area contributed by atoms with E-state index in [0.717, 1.165) is 6.07 Å². The number of carboxylic acid groups (broad SMARTS) is 1. The van der Waals surface area contributed by atoms with Gasteiger partial charge in [0.2, 0.25) is 5.89 Å². The topological polar surface area (TPSA) is 110 Å². The number of hydrogen-bond donors (Lipinski definition) is 1. The monoisotopic (exact) mass is 296 g/mol. The lowest BCUT2D eigenvalue weighted by Crippen LogP contribution is -2.07. The largest absolute Gasteiger partial charge is 0.478 e. The van der Waals surface area contributed by atoms with Crippen LogP contribution in [0, 0.1) is 0 Å². The average Bonchev–Trinajstić information content (AvgIpc) is 2.86. The van der Waals surface area contributed by atoms with Crippen LogP contribution in [0.2, 0.25) is 0 Å². The zero-order valence-corrected chi connectivity index (χ0v) is 11.4. The Balaban J connectivity index is 2.30. The van der Waals surface area contributed by atoms with Crippen molar-refractivity contribution < 1.29 is 22.8 Å². The number of benzene rings is 1. The van der Waals surface area contributed by atoms with Crippen molar-refractivity contribution in [2.45, 2.75) is 24.0 Å². The van der Waals surface area contributed by atoms with Crippen molar-refractivity contribution >= 4 is 15.8 Å². The summed E-state index contributed by atoms with van der Waals surface area (Å²) in [7, 11) is -3.72. The summed E-state index contributed by atoms with van der Waals surface area (Å²) in [5.74, 6) is -1.23. The first-order valence-corrected chi connectivity index (χ1v) is 7.45. The van der Waals surface area contributed by atoms with Gasteiger partial charge in [-0.2, -0.15) is 4.98 Å². The maximum absolute atomic E-state index is 12.2. The van der Waals surface area contributed by atoms with Gasteiger partial charge >= 0.3 is 5.97 Å². The van der Waals surface area contributed by atoms with Gasteiger partial charge in [0.25, 0.3) is 0 Å². The quantitative estimate of drug-likeness (QED) is 0.885. The molecule has 0 atom stereocenters. The van der Waals surface area contributed by atoms with Gasteiger partial charge in [0.15, 0.2) is 15.7 Å². The van der Waals surface area contributed by atoms with Gasteiger partial charge in [-0.1, -0.05) is 18.1 Å². The SMILES string of the molecule is CCc1noc(CS(=O)(=O)c2cccc(C(=O)O)c2)n1. The van der Waals surface area contributed by atoms with Crippen molar-refractivity contribution in [3.63, 3.8) is 0 Å². The van der Waals surface area contributed by atoms with Gasteiger partial charge in [-0.15, -0.1) is 0 Å². The summed E-state index contributed by atoms with van der Waals surface area (Å²) in [5.41, 5.74) is -0.0918. The van der Waals surface area contributed by atoms with E-state index in [1.54, 1.807) is 0 Å². The Morgan fingerprint density at radius 3 is 2.75 bits per heavy atom. The number of hydrogen-bond acceptors (Lipinski definition) is 6. The van der Waals surface area contributed by atoms with Crippen molar-refractivity contribution in [2.24, 2.45) is 0 Å². The molecule has 0 unspecified atom stereocenters. The Morgan fingerprint density at radius 1 is 1.40 bits per heavy atom. The molecule has 0 aliphatic heterocycles. The Kier molecular flexibility index (Phi) is 3.84. The van der Waals surface area contributed by atoms with Crippen LogP contribution in [0.25, 0.3) is 0 Å². The highest BCUT2D eigenvalue weighted by atomic mass is 32.2. The second-order valence-electron chi connectivity index (χ2n) is 4.05. The molecule has 20 heavy (non-hydrogen) atoms. The van der Waals surface area contributed by atoms with Crippen molar-refractivity contribution in [2.75, 3.05) is 0 Å². The summed E-state index contributed by atoms with van der Waals surface area (Å²) in [5, 5.41) is 12.5. The standard InChI is InChI=1S/C12H12N2O5S/c1-2-10-13-11(19-14-10)7-20(17,18)9-5-3-4-8(6-9)12(15)16/h3-6H,2,7H2,1H3,(H,15,16). The zero-order chi connectivity index (χ0) is 14.8. The molecule has 106 valence electrons. The average molecular weight is 296 g/mol. The number of carbonyl (C=O) groups is 1. The third-order valence-electron chi connectivity index (χ3n) is 2.58. The molecular formula is C12H12N2O5S. The fourth-order valence-electron chi connectivity index (χ4n) is 1.56. The highest BCUT2D eigenvalue weighted by molar-refractivity contribution is 7.90. The molecule has 0 bridgehead atoms. The number of rotatable bonds is 5. The second kappa shape index (κ2) is 5.41. The van der Waals surface area contributed by atoms with Crippen molar-refractivity contribution in [3.8, 4) is 0 Å². The summed E-state index contributed by atoms with van der Waals surface area (Å²) >= 11 is 0. The summed E-state index contributed by atoms with van der Waals surface area (Å²) < 4.78 is 29.1. The summed E-state index contributed by atoms with van der Waals surface area (Å²) in [6.45, 7) is 1.82. The second-order valence-corrected chi connectivity index (χ2v) is 6.04. The van der Waals surface area contributed by atoms with Crippen LogP contribution in [0.3, 0.4) is 0 Å². The van der Waals surface area contributed by atoms with Gasteiger partial charge in [0.05, 0.1) is 10.5 Å². The van der Waals surface area contributed by atoms with Crippen LogP contribution in [-0.2, 0) is 22.0 Å². The zero-order valence-electron chi connectivity index (χ0n) is 10.6. The maximum atomic E-state index is 12.2. The molecule has 0 amide bonds.